The first-order chi connectivity index (χ1) is 18.9. The number of hydrogen-bond donors (Lipinski definition) is 1. The largest absolute Gasteiger partial charge is 0.338 e. The van der Waals surface area contributed by atoms with E-state index in [1.165, 1.54) is 12.1 Å². The summed E-state index contributed by atoms with van der Waals surface area (Å²) in [6, 6.07) is 24.2. The van der Waals surface area contributed by atoms with Gasteiger partial charge in [-0.25, -0.2) is 9.18 Å². The Bertz CT molecular complexity index is 1260. The highest BCUT2D eigenvalue weighted by atomic mass is 35.5. The minimum Gasteiger partial charge on any atom is -0.338 e. The predicted molar refractivity (Wildman–Crippen MR) is 151 cm³/mol. The summed E-state index contributed by atoms with van der Waals surface area (Å²) in [5, 5.41) is 3.39. The third-order valence-corrected chi connectivity index (χ3v) is 8.18. The second-order valence-corrected chi connectivity index (χ2v) is 11.0. The molecule has 6 nitrogen and oxygen atoms in total. The zero-order valence-electron chi connectivity index (χ0n) is 22.1. The van der Waals surface area contributed by atoms with Gasteiger partial charge in [-0.05, 0) is 41.5 Å². The van der Waals surface area contributed by atoms with E-state index >= 15 is 0 Å². The van der Waals surface area contributed by atoms with Crippen LogP contribution in [0.5, 0.6) is 0 Å². The maximum atomic E-state index is 14.3. The molecule has 2 heterocycles. The molecule has 5 rings (SSSR count). The summed E-state index contributed by atoms with van der Waals surface area (Å²) < 4.78 is 14.3. The molecule has 0 spiro atoms. The van der Waals surface area contributed by atoms with Crippen molar-refractivity contribution in [3.05, 3.63) is 106 Å². The number of benzene rings is 3. The van der Waals surface area contributed by atoms with Crippen LogP contribution < -0.4 is 5.32 Å². The lowest BCUT2D eigenvalue weighted by molar-refractivity contribution is 0.0769. The average molecular weight is 549 g/mol. The summed E-state index contributed by atoms with van der Waals surface area (Å²) in [5.74, 6) is -0.206. The second kappa shape index (κ2) is 12.2. The van der Waals surface area contributed by atoms with Gasteiger partial charge in [0.25, 0.3) is 5.91 Å². The quantitative estimate of drug-likeness (QED) is 0.407. The van der Waals surface area contributed by atoms with Gasteiger partial charge in [0.1, 0.15) is 5.82 Å². The molecule has 1 N–H and O–H groups in total. The first kappa shape index (κ1) is 27.2. The zero-order valence-corrected chi connectivity index (χ0v) is 22.9. The maximum absolute atomic E-state index is 14.3. The minimum absolute atomic E-state index is 0.0327. The van der Waals surface area contributed by atoms with Crippen molar-refractivity contribution >= 4 is 23.5 Å². The SMILES string of the molecule is CN(Cc1ccccc1)C(=O)NC(CCN1CC2CN(C(=O)c3c(F)cccc3Cl)CC2C1)c1ccccc1. The van der Waals surface area contributed by atoms with Crippen LogP contribution in [-0.4, -0.2) is 66.4 Å². The molecule has 0 aliphatic carbocycles. The van der Waals surface area contributed by atoms with Crippen LogP contribution >= 0.6 is 11.6 Å². The number of rotatable bonds is 8. The Morgan fingerprint density at radius 1 is 0.949 bits per heavy atom. The summed E-state index contributed by atoms with van der Waals surface area (Å²) in [6.45, 7) is 4.34. The fourth-order valence-corrected chi connectivity index (χ4v) is 6.05. The lowest BCUT2D eigenvalue weighted by Gasteiger charge is -2.27. The molecular formula is C31H34ClFN4O2. The fraction of sp³-hybridized carbons (Fsp3) is 0.355. The molecule has 2 aliphatic heterocycles. The number of hydrogen-bond acceptors (Lipinski definition) is 3. The molecule has 3 aromatic rings. The van der Waals surface area contributed by atoms with E-state index in [9.17, 15) is 14.0 Å². The fourth-order valence-electron chi connectivity index (χ4n) is 5.81. The molecular weight excluding hydrogens is 515 g/mol. The van der Waals surface area contributed by atoms with Crippen LogP contribution in [0.15, 0.2) is 78.9 Å². The van der Waals surface area contributed by atoms with Crippen molar-refractivity contribution in [3.8, 4) is 0 Å². The van der Waals surface area contributed by atoms with Crippen molar-refractivity contribution in [3.63, 3.8) is 0 Å². The van der Waals surface area contributed by atoms with E-state index in [-0.39, 0.29) is 28.6 Å². The van der Waals surface area contributed by atoms with Crippen molar-refractivity contribution in [2.24, 2.45) is 11.8 Å². The summed E-state index contributed by atoms with van der Waals surface area (Å²) >= 11 is 6.14. The smallest absolute Gasteiger partial charge is 0.317 e. The van der Waals surface area contributed by atoms with Gasteiger partial charge in [-0.3, -0.25) is 4.79 Å². The zero-order chi connectivity index (χ0) is 27.4. The van der Waals surface area contributed by atoms with Gasteiger partial charge in [-0.1, -0.05) is 78.3 Å². The van der Waals surface area contributed by atoms with Crippen LogP contribution in [0.3, 0.4) is 0 Å². The highest BCUT2D eigenvalue weighted by molar-refractivity contribution is 6.33. The number of nitrogens with one attached hydrogen (secondary N) is 1. The molecule has 2 fully saturated rings. The highest BCUT2D eigenvalue weighted by Crippen LogP contribution is 2.33. The first-order valence-corrected chi connectivity index (χ1v) is 13.8. The molecule has 0 aromatic heterocycles. The van der Waals surface area contributed by atoms with Crippen molar-refractivity contribution < 1.29 is 14.0 Å². The number of urea groups is 1. The van der Waals surface area contributed by atoms with Crippen LogP contribution in [0.1, 0.15) is 33.9 Å². The van der Waals surface area contributed by atoms with E-state index in [2.05, 4.69) is 22.3 Å². The Kier molecular flexibility index (Phi) is 8.48. The second-order valence-electron chi connectivity index (χ2n) is 10.6. The van der Waals surface area contributed by atoms with Gasteiger partial charge in [-0.2, -0.15) is 0 Å². The standard InChI is InChI=1S/C31H34ClFN4O2/c1-35(17-22-9-4-2-5-10-22)31(39)34-28(23-11-6-3-7-12-23)15-16-36-18-24-20-37(21-25(24)19-36)30(38)29-26(32)13-8-14-27(29)33/h2-14,24-25,28H,15-21H2,1H3,(H,34,39). The summed E-state index contributed by atoms with van der Waals surface area (Å²) in [6.07, 6.45) is 0.780. The Morgan fingerprint density at radius 2 is 1.59 bits per heavy atom. The first-order valence-electron chi connectivity index (χ1n) is 13.4. The van der Waals surface area contributed by atoms with Gasteiger partial charge < -0.3 is 20.0 Å². The number of likely N-dealkylation sites (tertiary alicyclic amines) is 2. The van der Waals surface area contributed by atoms with Gasteiger partial charge in [0, 0.05) is 46.3 Å². The average Bonchev–Trinajstić information content (AvgIpc) is 3.51. The van der Waals surface area contributed by atoms with Crippen molar-refractivity contribution in [1.82, 2.24) is 20.0 Å². The Morgan fingerprint density at radius 3 is 2.23 bits per heavy atom. The molecule has 2 saturated heterocycles. The normalized spacial score (nSPS) is 19.5. The third kappa shape index (κ3) is 6.43. The van der Waals surface area contributed by atoms with E-state index in [0.717, 1.165) is 37.2 Å². The minimum atomic E-state index is -0.574. The molecule has 3 amide bonds. The van der Waals surface area contributed by atoms with Crippen LogP contribution in [0, 0.1) is 17.7 Å². The molecule has 204 valence electrons. The number of carbonyl (C=O) groups excluding carboxylic acids is 2. The van der Waals surface area contributed by atoms with Crippen LogP contribution in [0.25, 0.3) is 0 Å². The number of carbonyl (C=O) groups is 2. The van der Waals surface area contributed by atoms with Crippen LogP contribution in [-0.2, 0) is 6.54 Å². The van der Waals surface area contributed by atoms with E-state index in [1.54, 1.807) is 15.9 Å². The number of amides is 3. The van der Waals surface area contributed by atoms with Gasteiger partial charge in [0.15, 0.2) is 0 Å². The van der Waals surface area contributed by atoms with E-state index in [0.29, 0.717) is 31.5 Å². The summed E-state index contributed by atoms with van der Waals surface area (Å²) in [7, 11) is 1.81. The van der Waals surface area contributed by atoms with Crippen molar-refractivity contribution in [2.45, 2.75) is 19.0 Å². The van der Waals surface area contributed by atoms with E-state index in [4.69, 9.17) is 11.6 Å². The molecule has 2 aliphatic rings. The van der Waals surface area contributed by atoms with Crippen LogP contribution in [0.4, 0.5) is 9.18 Å². The number of halogens is 2. The Labute approximate surface area is 234 Å². The third-order valence-electron chi connectivity index (χ3n) is 7.87. The number of fused-ring (bicyclic) bond motifs is 1. The molecule has 0 saturated carbocycles. The van der Waals surface area contributed by atoms with Gasteiger partial charge in [0.2, 0.25) is 0 Å². The molecule has 39 heavy (non-hydrogen) atoms. The number of nitrogens with zero attached hydrogens (tertiary/aromatic N) is 3. The summed E-state index contributed by atoms with van der Waals surface area (Å²) in [4.78, 5) is 31.9. The monoisotopic (exact) mass is 548 g/mol. The topological polar surface area (TPSA) is 55.9 Å². The van der Waals surface area contributed by atoms with E-state index in [1.807, 2.05) is 55.6 Å². The van der Waals surface area contributed by atoms with Gasteiger partial charge in [-0.15, -0.1) is 0 Å². The van der Waals surface area contributed by atoms with Crippen LogP contribution in [0.2, 0.25) is 5.02 Å². The molecule has 0 radical (unpaired) electrons. The van der Waals surface area contributed by atoms with E-state index < -0.39 is 5.82 Å². The lowest BCUT2D eigenvalue weighted by atomic mass is 10.0. The molecule has 8 heteroatoms. The van der Waals surface area contributed by atoms with Gasteiger partial charge >= 0.3 is 6.03 Å². The molecule has 3 aromatic carbocycles. The molecule has 0 bridgehead atoms. The maximum Gasteiger partial charge on any atom is 0.317 e. The predicted octanol–water partition coefficient (Wildman–Crippen LogP) is 5.46. The highest BCUT2D eigenvalue weighted by Gasteiger charge is 2.42. The Balaban J connectivity index is 1.16. The van der Waals surface area contributed by atoms with Crippen molar-refractivity contribution in [1.29, 1.82) is 0 Å². The van der Waals surface area contributed by atoms with Gasteiger partial charge in [0.05, 0.1) is 16.6 Å². The molecule has 3 unspecified atom stereocenters. The van der Waals surface area contributed by atoms with Crippen molar-refractivity contribution in [2.75, 3.05) is 39.8 Å². The lowest BCUT2D eigenvalue weighted by Crippen LogP contribution is -2.40. The summed E-state index contributed by atoms with van der Waals surface area (Å²) in [5.41, 5.74) is 2.13. The molecule has 3 atom stereocenters. The Hall–Kier alpha value is -3.42.